The van der Waals surface area contributed by atoms with Gasteiger partial charge in [-0.25, -0.2) is 12.6 Å². The number of hydrogen-bond donors (Lipinski definition) is 2. The van der Waals surface area contributed by atoms with Crippen LogP contribution in [0.4, 0.5) is 26.3 Å². The maximum absolute atomic E-state index is 12.9. The average molecular weight is 356 g/mol. The third-order valence-electron chi connectivity index (χ3n) is 1.66. The Morgan fingerprint density at radius 2 is 1.35 bits per heavy atom. The lowest BCUT2D eigenvalue weighted by atomic mass is 10.1. The summed E-state index contributed by atoms with van der Waals surface area (Å²) in [4.78, 5) is 0. The molecule has 0 amide bonds. The summed E-state index contributed by atoms with van der Waals surface area (Å²) in [6, 6.07) is 0. The highest BCUT2D eigenvalue weighted by Gasteiger charge is 2.72. The quantitative estimate of drug-likeness (QED) is 0.365. The second-order valence-corrected chi connectivity index (χ2v) is 4.97. The molecule has 0 unspecified atom stereocenters. The molecule has 0 fully saturated rings. The van der Waals surface area contributed by atoms with Crippen LogP contribution < -0.4 is 0 Å². The van der Waals surface area contributed by atoms with Gasteiger partial charge >= 0.3 is 28.2 Å². The van der Waals surface area contributed by atoms with E-state index in [1.807, 2.05) is 0 Å². The summed E-state index contributed by atoms with van der Waals surface area (Å²) in [5.41, 5.74) is 0. The van der Waals surface area contributed by atoms with Crippen molar-refractivity contribution in [2.75, 3.05) is 13.2 Å². The Balaban J connectivity index is 5.15. The van der Waals surface area contributed by atoms with Gasteiger partial charge in [-0.1, -0.05) is 0 Å². The van der Waals surface area contributed by atoms with Crippen LogP contribution in [0.2, 0.25) is 0 Å². The first kappa shape index (κ1) is 19.4. The van der Waals surface area contributed by atoms with Gasteiger partial charge in [0.2, 0.25) is 0 Å². The van der Waals surface area contributed by atoms with Crippen LogP contribution in [0.5, 0.6) is 0 Å². The predicted molar refractivity (Wildman–Crippen MR) is 48.6 cm³/mol. The summed E-state index contributed by atoms with van der Waals surface area (Å²) in [6.07, 6.45) is 0. The van der Waals surface area contributed by atoms with E-state index in [4.69, 9.17) is 4.55 Å². The van der Waals surface area contributed by atoms with Gasteiger partial charge in [-0.3, -0.25) is 8.74 Å². The molecule has 0 saturated heterocycles. The fourth-order valence-corrected chi connectivity index (χ4v) is 1.30. The number of thiol groups is 1. The summed E-state index contributed by atoms with van der Waals surface area (Å²) in [5.74, 6) is -17.6. The minimum absolute atomic E-state index is 2.60. The highest BCUT2D eigenvalue weighted by atomic mass is 32.3. The fourth-order valence-electron chi connectivity index (χ4n) is 0.731. The summed E-state index contributed by atoms with van der Waals surface area (Å²) >= 11 is 0. The molecule has 0 rings (SSSR count). The van der Waals surface area contributed by atoms with E-state index in [1.165, 1.54) is 0 Å². The van der Waals surface area contributed by atoms with Gasteiger partial charge in [-0.05, 0) is 0 Å². The minimum atomic E-state index is -6.21. The Labute approximate surface area is 109 Å². The first-order chi connectivity index (χ1) is 8.62. The summed E-state index contributed by atoms with van der Waals surface area (Å²) in [5, 5.41) is 0. The number of rotatable bonds is 8. The standard InChI is InChI=1S/C5H6F6O7S2/c6-3(7,1-17-19(12)13)5(10,11)4(8,9)2-18-20(14,15)16/h19H,1-2H2,(H,14,15,16). The maximum atomic E-state index is 12.9. The van der Waals surface area contributed by atoms with Gasteiger partial charge in [0.1, 0.15) is 13.2 Å². The van der Waals surface area contributed by atoms with Crippen LogP contribution in [0, 0.1) is 0 Å². The highest BCUT2D eigenvalue weighted by molar-refractivity contribution is 7.80. The minimum Gasteiger partial charge on any atom is -0.266 e. The third kappa shape index (κ3) is 5.04. The second-order valence-electron chi connectivity index (χ2n) is 3.17. The zero-order valence-corrected chi connectivity index (χ0v) is 10.6. The van der Waals surface area contributed by atoms with Crippen molar-refractivity contribution >= 4 is 21.4 Å². The molecule has 15 heteroatoms. The molecule has 0 saturated carbocycles. The molecule has 1 N–H and O–H groups in total. The summed E-state index contributed by atoms with van der Waals surface area (Å²) in [6.45, 7) is -5.39. The predicted octanol–water partition coefficient (Wildman–Crippen LogP) is 0.255. The Morgan fingerprint density at radius 3 is 1.70 bits per heavy atom. The molecule has 0 aliphatic carbocycles. The summed E-state index contributed by atoms with van der Waals surface area (Å²) < 4.78 is 130. The van der Waals surface area contributed by atoms with Crippen LogP contribution in [-0.2, 0) is 29.8 Å². The van der Waals surface area contributed by atoms with E-state index in [-0.39, 0.29) is 0 Å². The zero-order valence-electron chi connectivity index (χ0n) is 8.93. The average Bonchev–Trinajstić information content (AvgIpc) is 2.22. The first-order valence-corrected chi connectivity index (χ1v) is 6.61. The first-order valence-electron chi connectivity index (χ1n) is 4.15. The molecule has 0 spiro atoms. The van der Waals surface area contributed by atoms with Gasteiger partial charge in [0, 0.05) is 0 Å². The molecule has 0 aliphatic rings. The monoisotopic (exact) mass is 356 g/mol. The van der Waals surface area contributed by atoms with Crippen LogP contribution in [0.3, 0.4) is 0 Å². The third-order valence-corrected chi connectivity index (χ3v) is 2.41. The van der Waals surface area contributed by atoms with Crippen molar-refractivity contribution in [1.29, 1.82) is 0 Å². The molecular weight excluding hydrogens is 350 g/mol. The van der Waals surface area contributed by atoms with Gasteiger partial charge in [-0.2, -0.15) is 34.8 Å². The molecule has 0 atom stereocenters. The smallest absolute Gasteiger partial charge is 0.266 e. The maximum Gasteiger partial charge on any atom is 0.397 e. The molecule has 7 nitrogen and oxygen atoms in total. The van der Waals surface area contributed by atoms with E-state index in [0.717, 1.165) is 0 Å². The van der Waals surface area contributed by atoms with Gasteiger partial charge in [0.25, 0.3) is 11.0 Å². The lowest BCUT2D eigenvalue weighted by Crippen LogP contribution is -2.58. The molecule has 0 heterocycles. The molecule has 0 aliphatic heterocycles. The lowest BCUT2D eigenvalue weighted by Gasteiger charge is -2.31. The molecule has 0 aromatic heterocycles. The van der Waals surface area contributed by atoms with Crippen molar-refractivity contribution in [1.82, 2.24) is 0 Å². The molecule has 0 radical (unpaired) electrons. The fraction of sp³-hybridized carbons (Fsp3) is 1.00. The Kier molecular flexibility index (Phi) is 5.81. The van der Waals surface area contributed by atoms with Crippen LogP contribution in [-0.4, -0.2) is 52.4 Å². The molecular formula is C5H6F6O7S2. The van der Waals surface area contributed by atoms with E-state index < -0.39 is 52.4 Å². The van der Waals surface area contributed by atoms with Crippen LogP contribution in [0.25, 0.3) is 0 Å². The van der Waals surface area contributed by atoms with E-state index in [0.29, 0.717) is 0 Å². The van der Waals surface area contributed by atoms with Crippen LogP contribution >= 0.6 is 0 Å². The largest absolute Gasteiger partial charge is 0.397 e. The SMILES string of the molecule is O=[SH](=O)OCC(F)(F)C(F)(F)C(F)(F)COS(=O)(=O)O. The summed E-state index contributed by atoms with van der Waals surface area (Å²) in [7, 11) is -9.57. The topological polar surface area (TPSA) is 107 Å². The molecule has 0 aromatic carbocycles. The van der Waals surface area contributed by atoms with Gasteiger partial charge < -0.3 is 0 Å². The Bertz CT molecular complexity index is 504. The molecule has 122 valence electrons. The van der Waals surface area contributed by atoms with Crippen LogP contribution in [0.15, 0.2) is 0 Å². The lowest BCUT2D eigenvalue weighted by molar-refractivity contribution is -0.319. The van der Waals surface area contributed by atoms with Crippen molar-refractivity contribution < 1.29 is 56.1 Å². The second kappa shape index (κ2) is 6.00. The van der Waals surface area contributed by atoms with Gasteiger partial charge in [0.05, 0.1) is 0 Å². The molecule has 0 aromatic rings. The van der Waals surface area contributed by atoms with Crippen molar-refractivity contribution in [2.45, 2.75) is 17.8 Å². The van der Waals surface area contributed by atoms with Crippen LogP contribution in [0.1, 0.15) is 0 Å². The number of alkyl halides is 6. The van der Waals surface area contributed by atoms with E-state index in [2.05, 4.69) is 8.37 Å². The van der Waals surface area contributed by atoms with Crippen molar-refractivity contribution in [3.63, 3.8) is 0 Å². The van der Waals surface area contributed by atoms with Crippen molar-refractivity contribution in [2.24, 2.45) is 0 Å². The Hall–Kier alpha value is -0.640. The molecule has 20 heavy (non-hydrogen) atoms. The van der Waals surface area contributed by atoms with Crippen molar-refractivity contribution in [3.8, 4) is 0 Å². The normalized spacial score (nSPS) is 14.8. The van der Waals surface area contributed by atoms with Crippen molar-refractivity contribution in [3.05, 3.63) is 0 Å². The zero-order chi connectivity index (χ0) is 16.4. The number of halogens is 6. The van der Waals surface area contributed by atoms with Gasteiger partial charge in [0.15, 0.2) is 0 Å². The number of hydrogen-bond acceptors (Lipinski definition) is 6. The van der Waals surface area contributed by atoms with E-state index in [1.54, 1.807) is 0 Å². The van der Waals surface area contributed by atoms with E-state index >= 15 is 0 Å². The Morgan fingerprint density at radius 1 is 0.950 bits per heavy atom. The molecule has 0 bridgehead atoms. The highest BCUT2D eigenvalue weighted by Crippen LogP contribution is 2.46. The van der Waals surface area contributed by atoms with Gasteiger partial charge in [-0.15, -0.1) is 0 Å². The van der Waals surface area contributed by atoms with E-state index in [9.17, 15) is 43.2 Å².